The fourth-order valence-electron chi connectivity index (χ4n) is 3.18. The summed E-state index contributed by atoms with van der Waals surface area (Å²) in [6.45, 7) is 1.81. The Morgan fingerprint density at radius 3 is 2.30 bits per heavy atom. The second-order valence-corrected chi connectivity index (χ2v) is 6.72. The molecule has 0 spiro atoms. The van der Waals surface area contributed by atoms with Crippen LogP contribution < -0.4 is 10.6 Å². The van der Waals surface area contributed by atoms with Crippen molar-refractivity contribution in [1.82, 2.24) is 9.88 Å². The minimum absolute atomic E-state index is 0.270. The molecule has 9 heteroatoms. The maximum Gasteiger partial charge on any atom is 0.416 e. The van der Waals surface area contributed by atoms with Gasteiger partial charge in [0.05, 0.1) is 5.56 Å². The summed E-state index contributed by atoms with van der Waals surface area (Å²) in [4.78, 5) is 19.7. The minimum Gasteiger partial charge on any atom is -0.368 e. The monoisotopic (exact) mass is 398 g/mol. The highest BCUT2D eigenvalue weighted by molar-refractivity contribution is 6.30. The standard InChI is InChI=1S/C18H18ClF3N4O/c19-14-3-1-12(2-4-14)16(17(23)27)26-9-7-25(8-10-26)15-11-13(5-6-24-15)18(20,21)22/h1-6,11,16H,7-10H2,(H2,23,27). The third kappa shape index (κ3) is 4.51. The summed E-state index contributed by atoms with van der Waals surface area (Å²) in [6, 6.07) is 8.26. The molecule has 1 saturated heterocycles. The van der Waals surface area contributed by atoms with Gasteiger partial charge in [0.25, 0.3) is 0 Å². The Bertz CT molecular complexity index is 805. The summed E-state index contributed by atoms with van der Waals surface area (Å²) < 4.78 is 38.7. The number of piperazine rings is 1. The molecule has 0 bridgehead atoms. The lowest BCUT2D eigenvalue weighted by Crippen LogP contribution is -2.50. The van der Waals surface area contributed by atoms with E-state index in [2.05, 4.69) is 4.98 Å². The van der Waals surface area contributed by atoms with Gasteiger partial charge >= 0.3 is 6.18 Å². The van der Waals surface area contributed by atoms with Gasteiger partial charge in [-0.3, -0.25) is 9.69 Å². The molecule has 0 radical (unpaired) electrons. The van der Waals surface area contributed by atoms with E-state index in [1.54, 1.807) is 29.2 Å². The van der Waals surface area contributed by atoms with E-state index in [1.807, 2.05) is 4.90 Å². The first-order valence-corrected chi connectivity index (χ1v) is 8.70. The molecule has 2 heterocycles. The van der Waals surface area contributed by atoms with Gasteiger partial charge in [0.15, 0.2) is 0 Å². The number of amides is 1. The smallest absolute Gasteiger partial charge is 0.368 e. The quantitative estimate of drug-likeness (QED) is 0.859. The lowest BCUT2D eigenvalue weighted by molar-refractivity contribution is -0.137. The van der Waals surface area contributed by atoms with Gasteiger partial charge < -0.3 is 10.6 Å². The van der Waals surface area contributed by atoms with Crippen LogP contribution in [0, 0.1) is 0 Å². The SMILES string of the molecule is NC(=O)C(c1ccc(Cl)cc1)N1CCN(c2cc(C(F)(F)F)ccn2)CC1. The molecular formula is C18H18ClF3N4O. The molecule has 144 valence electrons. The Labute approximate surface area is 159 Å². The summed E-state index contributed by atoms with van der Waals surface area (Å²) in [7, 11) is 0. The van der Waals surface area contributed by atoms with Crippen LogP contribution in [0.25, 0.3) is 0 Å². The summed E-state index contributed by atoms with van der Waals surface area (Å²) in [5.74, 6) is -0.213. The Kier molecular flexibility index (Phi) is 5.57. The predicted molar refractivity (Wildman–Crippen MR) is 96.4 cm³/mol. The highest BCUT2D eigenvalue weighted by atomic mass is 35.5. The van der Waals surface area contributed by atoms with E-state index >= 15 is 0 Å². The number of hydrogen-bond donors (Lipinski definition) is 1. The zero-order chi connectivity index (χ0) is 19.6. The second-order valence-electron chi connectivity index (χ2n) is 6.28. The molecule has 0 aliphatic carbocycles. The van der Waals surface area contributed by atoms with Crippen molar-refractivity contribution in [2.24, 2.45) is 5.73 Å². The zero-order valence-corrected chi connectivity index (χ0v) is 15.0. The highest BCUT2D eigenvalue weighted by Crippen LogP contribution is 2.31. The number of rotatable bonds is 4. The van der Waals surface area contributed by atoms with Crippen molar-refractivity contribution < 1.29 is 18.0 Å². The Morgan fingerprint density at radius 1 is 1.11 bits per heavy atom. The molecule has 1 aromatic carbocycles. The number of halogens is 4. The molecule has 5 nitrogen and oxygen atoms in total. The number of aromatic nitrogens is 1. The van der Waals surface area contributed by atoms with Gasteiger partial charge in [-0.25, -0.2) is 4.98 Å². The van der Waals surface area contributed by atoms with Crippen molar-refractivity contribution in [3.8, 4) is 0 Å². The molecule has 3 rings (SSSR count). The largest absolute Gasteiger partial charge is 0.416 e. The molecule has 1 fully saturated rings. The van der Waals surface area contributed by atoms with Crippen LogP contribution in [-0.2, 0) is 11.0 Å². The van der Waals surface area contributed by atoms with Crippen molar-refractivity contribution >= 4 is 23.3 Å². The fourth-order valence-corrected chi connectivity index (χ4v) is 3.30. The molecule has 1 aliphatic rings. The number of carbonyl (C=O) groups is 1. The Balaban J connectivity index is 1.72. The summed E-state index contributed by atoms with van der Waals surface area (Å²) in [5.41, 5.74) is 5.59. The van der Waals surface area contributed by atoms with Crippen LogP contribution in [-0.4, -0.2) is 42.0 Å². The van der Waals surface area contributed by atoms with E-state index in [0.717, 1.165) is 23.9 Å². The number of carbonyl (C=O) groups excluding carboxylic acids is 1. The van der Waals surface area contributed by atoms with E-state index in [4.69, 9.17) is 17.3 Å². The molecule has 0 saturated carbocycles. The van der Waals surface area contributed by atoms with E-state index < -0.39 is 23.7 Å². The first-order chi connectivity index (χ1) is 12.8. The van der Waals surface area contributed by atoms with Gasteiger partial charge in [-0.15, -0.1) is 0 Å². The number of alkyl halides is 3. The van der Waals surface area contributed by atoms with Crippen LogP contribution in [0.3, 0.4) is 0 Å². The van der Waals surface area contributed by atoms with E-state index in [-0.39, 0.29) is 5.82 Å². The topological polar surface area (TPSA) is 62.5 Å². The zero-order valence-electron chi connectivity index (χ0n) is 14.3. The van der Waals surface area contributed by atoms with Crippen LogP contribution in [0.4, 0.5) is 19.0 Å². The highest BCUT2D eigenvalue weighted by Gasteiger charge is 2.33. The summed E-state index contributed by atoms with van der Waals surface area (Å²) >= 11 is 5.89. The van der Waals surface area contributed by atoms with Gasteiger partial charge in [0.1, 0.15) is 11.9 Å². The number of benzene rings is 1. The van der Waals surface area contributed by atoms with Crippen LogP contribution >= 0.6 is 11.6 Å². The molecule has 1 amide bonds. The number of anilines is 1. The lowest BCUT2D eigenvalue weighted by Gasteiger charge is -2.38. The van der Waals surface area contributed by atoms with Crippen molar-refractivity contribution in [2.75, 3.05) is 31.1 Å². The van der Waals surface area contributed by atoms with E-state index in [1.165, 1.54) is 0 Å². The molecule has 2 N–H and O–H groups in total. The predicted octanol–water partition coefficient (Wildman–Crippen LogP) is 3.10. The molecule has 2 aromatic rings. The molecule has 1 unspecified atom stereocenters. The maximum atomic E-state index is 12.9. The third-order valence-corrected chi connectivity index (χ3v) is 4.78. The van der Waals surface area contributed by atoms with Crippen molar-refractivity contribution in [2.45, 2.75) is 12.2 Å². The Morgan fingerprint density at radius 2 is 1.74 bits per heavy atom. The van der Waals surface area contributed by atoms with Gasteiger partial charge in [0.2, 0.25) is 5.91 Å². The number of primary amides is 1. The molecule has 1 aliphatic heterocycles. The number of nitrogens with zero attached hydrogens (tertiary/aromatic N) is 3. The third-order valence-electron chi connectivity index (χ3n) is 4.53. The van der Waals surface area contributed by atoms with Gasteiger partial charge in [-0.2, -0.15) is 13.2 Å². The first kappa shape index (κ1) is 19.4. The van der Waals surface area contributed by atoms with Crippen LogP contribution in [0.2, 0.25) is 5.02 Å². The van der Waals surface area contributed by atoms with Crippen LogP contribution in [0.5, 0.6) is 0 Å². The van der Waals surface area contributed by atoms with Gasteiger partial charge in [0, 0.05) is 37.4 Å². The molecular weight excluding hydrogens is 381 g/mol. The Hall–Kier alpha value is -2.32. The van der Waals surface area contributed by atoms with Crippen molar-refractivity contribution in [3.63, 3.8) is 0 Å². The maximum absolute atomic E-state index is 12.9. The average Bonchev–Trinajstić information content (AvgIpc) is 2.63. The summed E-state index contributed by atoms with van der Waals surface area (Å²) in [5, 5.41) is 0.558. The van der Waals surface area contributed by atoms with Crippen LogP contribution in [0.1, 0.15) is 17.2 Å². The number of hydrogen-bond acceptors (Lipinski definition) is 4. The molecule has 27 heavy (non-hydrogen) atoms. The van der Waals surface area contributed by atoms with Gasteiger partial charge in [-0.05, 0) is 29.8 Å². The van der Waals surface area contributed by atoms with Crippen molar-refractivity contribution in [1.29, 1.82) is 0 Å². The van der Waals surface area contributed by atoms with E-state index in [9.17, 15) is 18.0 Å². The van der Waals surface area contributed by atoms with Crippen molar-refractivity contribution in [3.05, 3.63) is 58.7 Å². The second kappa shape index (κ2) is 7.74. The number of nitrogens with two attached hydrogens (primary N) is 1. The van der Waals surface area contributed by atoms with E-state index in [0.29, 0.717) is 31.2 Å². The fraction of sp³-hybridized carbons (Fsp3) is 0.333. The normalized spacial score (nSPS) is 17.0. The van der Waals surface area contributed by atoms with Crippen LogP contribution in [0.15, 0.2) is 42.6 Å². The number of pyridine rings is 1. The minimum atomic E-state index is -4.41. The molecule has 1 aromatic heterocycles. The molecule has 1 atom stereocenters. The summed E-state index contributed by atoms with van der Waals surface area (Å²) in [6.07, 6.45) is -3.25. The van der Waals surface area contributed by atoms with Gasteiger partial charge in [-0.1, -0.05) is 23.7 Å². The lowest BCUT2D eigenvalue weighted by atomic mass is 10.0. The average molecular weight is 399 g/mol. The first-order valence-electron chi connectivity index (χ1n) is 8.33.